The predicted molar refractivity (Wildman–Crippen MR) is 90.7 cm³/mol. The molecule has 1 aliphatic rings. The second-order valence-corrected chi connectivity index (χ2v) is 6.78. The number of nitrogens with zero attached hydrogens (tertiary/aromatic N) is 3. The molecule has 0 saturated carbocycles. The molecular formula is C17H15BrF3N3O2. The molecule has 1 atom stereocenters. The molecule has 1 aromatic carbocycles. The van der Waals surface area contributed by atoms with E-state index in [0.717, 1.165) is 16.7 Å². The molecule has 2 aromatic rings. The summed E-state index contributed by atoms with van der Waals surface area (Å²) in [5.74, 6) is -0.143. The van der Waals surface area contributed by atoms with Gasteiger partial charge in [-0.3, -0.25) is 4.79 Å². The Kier molecular flexibility index (Phi) is 5.45. The van der Waals surface area contributed by atoms with Crippen molar-refractivity contribution < 1.29 is 22.7 Å². The Hall–Kier alpha value is -2.16. The molecule has 0 N–H and O–H groups in total. The number of hydrogen-bond acceptors (Lipinski definition) is 4. The van der Waals surface area contributed by atoms with E-state index in [-0.39, 0.29) is 18.5 Å². The minimum Gasteiger partial charge on any atom is -0.458 e. The van der Waals surface area contributed by atoms with Gasteiger partial charge in [-0.05, 0) is 43.2 Å². The molecule has 1 unspecified atom stereocenters. The summed E-state index contributed by atoms with van der Waals surface area (Å²) in [5, 5.41) is 0. The smallest absolute Gasteiger partial charge is 0.433 e. The summed E-state index contributed by atoms with van der Waals surface area (Å²) in [5.41, 5.74) is -0.509. The molecule has 1 aliphatic heterocycles. The Morgan fingerprint density at radius 3 is 2.65 bits per heavy atom. The van der Waals surface area contributed by atoms with Crippen LogP contribution >= 0.6 is 15.9 Å². The molecule has 1 fully saturated rings. The lowest BCUT2D eigenvalue weighted by atomic mass is 10.1. The first-order valence-electron chi connectivity index (χ1n) is 7.94. The van der Waals surface area contributed by atoms with Gasteiger partial charge in [0.2, 0.25) is 0 Å². The van der Waals surface area contributed by atoms with Gasteiger partial charge in [0.15, 0.2) is 5.69 Å². The van der Waals surface area contributed by atoms with Crippen LogP contribution in [0, 0.1) is 0 Å². The number of carbonyl (C=O) groups is 1. The third-order valence-corrected chi connectivity index (χ3v) is 4.48. The molecular weight excluding hydrogens is 415 g/mol. The van der Waals surface area contributed by atoms with Gasteiger partial charge in [-0.25, -0.2) is 4.98 Å². The Balaban J connectivity index is 1.67. The van der Waals surface area contributed by atoms with E-state index in [4.69, 9.17) is 4.74 Å². The molecule has 2 heterocycles. The number of hydrogen-bond donors (Lipinski definition) is 0. The van der Waals surface area contributed by atoms with Crippen molar-refractivity contribution in [2.75, 3.05) is 13.1 Å². The average Bonchev–Trinajstić information content (AvgIpc) is 2.61. The summed E-state index contributed by atoms with van der Waals surface area (Å²) in [4.78, 5) is 21.4. The van der Waals surface area contributed by atoms with Gasteiger partial charge in [-0.15, -0.1) is 0 Å². The first-order chi connectivity index (χ1) is 12.3. The molecule has 3 rings (SSSR count). The van der Waals surface area contributed by atoms with Crippen LogP contribution in [0.4, 0.5) is 13.2 Å². The summed E-state index contributed by atoms with van der Waals surface area (Å²) in [6.07, 6.45) is -2.70. The minimum atomic E-state index is -4.56. The van der Waals surface area contributed by atoms with Gasteiger partial charge < -0.3 is 9.64 Å². The first-order valence-corrected chi connectivity index (χ1v) is 8.74. The highest BCUT2D eigenvalue weighted by molar-refractivity contribution is 9.10. The van der Waals surface area contributed by atoms with E-state index in [1.807, 2.05) is 0 Å². The second kappa shape index (κ2) is 7.61. The fourth-order valence-corrected chi connectivity index (χ4v) is 2.96. The Morgan fingerprint density at radius 2 is 1.96 bits per heavy atom. The normalized spacial score (nSPS) is 17.8. The van der Waals surface area contributed by atoms with Crippen molar-refractivity contribution in [3.05, 3.63) is 52.3 Å². The predicted octanol–water partition coefficient (Wildman–Crippen LogP) is 3.94. The molecule has 138 valence electrons. The van der Waals surface area contributed by atoms with Crippen LogP contribution in [0.3, 0.4) is 0 Å². The van der Waals surface area contributed by atoms with Crippen LogP contribution in [0.25, 0.3) is 0 Å². The van der Waals surface area contributed by atoms with E-state index in [2.05, 4.69) is 25.9 Å². The second-order valence-electron chi connectivity index (χ2n) is 5.86. The summed E-state index contributed by atoms with van der Waals surface area (Å²) in [6.45, 7) is 0.840. The van der Waals surface area contributed by atoms with Crippen LogP contribution in [0.1, 0.15) is 28.9 Å². The summed E-state index contributed by atoms with van der Waals surface area (Å²) in [7, 11) is 0. The maximum Gasteiger partial charge on any atom is 0.433 e. The fraction of sp³-hybridized carbons (Fsp3) is 0.353. The number of aromatic nitrogens is 2. The van der Waals surface area contributed by atoms with E-state index in [9.17, 15) is 18.0 Å². The molecule has 0 aliphatic carbocycles. The van der Waals surface area contributed by atoms with Gasteiger partial charge in [0.1, 0.15) is 6.10 Å². The van der Waals surface area contributed by atoms with E-state index in [0.29, 0.717) is 24.9 Å². The average molecular weight is 430 g/mol. The molecule has 9 heteroatoms. The molecule has 0 bridgehead atoms. The van der Waals surface area contributed by atoms with Crippen molar-refractivity contribution >= 4 is 21.8 Å². The van der Waals surface area contributed by atoms with E-state index < -0.39 is 18.0 Å². The van der Waals surface area contributed by atoms with Crippen LogP contribution < -0.4 is 4.74 Å². The highest BCUT2D eigenvalue weighted by Crippen LogP contribution is 2.28. The van der Waals surface area contributed by atoms with Crippen molar-refractivity contribution in [3.63, 3.8) is 0 Å². The zero-order valence-electron chi connectivity index (χ0n) is 13.5. The van der Waals surface area contributed by atoms with Gasteiger partial charge in [0.05, 0.1) is 6.54 Å². The monoisotopic (exact) mass is 429 g/mol. The first kappa shape index (κ1) is 18.6. The minimum absolute atomic E-state index is 0.143. The van der Waals surface area contributed by atoms with Gasteiger partial charge in [0.25, 0.3) is 5.91 Å². The molecule has 1 aromatic heterocycles. The Labute approximate surface area is 156 Å². The highest BCUT2D eigenvalue weighted by atomic mass is 79.9. The number of piperidine rings is 1. The fourth-order valence-electron chi connectivity index (χ4n) is 2.70. The molecule has 0 spiro atoms. The molecule has 1 amide bonds. The van der Waals surface area contributed by atoms with E-state index >= 15 is 0 Å². The number of alkyl halides is 3. The van der Waals surface area contributed by atoms with Crippen LogP contribution in [0.15, 0.2) is 41.0 Å². The molecule has 5 nitrogen and oxygen atoms in total. The van der Waals surface area contributed by atoms with Gasteiger partial charge in [-0.1, -0.05) is 15.9 Å². The summed E-state index contributed by atoms with van der Waals surface area (Å²) < 4.78 is 44.6. The Bertz CT molecular complexity index is 784. The summed E-state index contributed by atoms with van der Waals surface area (Å²) in [6, 6.07) is 7.45. The van der Waals surface area contributed by atoms with Crippen molar-refractivity contribution in [2.45, 2.75) is 25.1 Å². The van der Waals surface area contributed by atoms with Crippen molar-refractivity contribution in [1.82, 2.24) is 14.9 Å². The van der Waals surface area contributed by atoms with Crippen LogP contribution in [0.2, 0.25) is 0 Å². The molecule has 26 heavy (non-hydrogen) atoms. The number of halogens is 4. The van der Waals surface area contributed by atoms with Crippen LogP contribution in [0.5, 0.6) is 6.01 Å². The number of amides is 1. The van der Waals surface area contributed by atoms with Gasteiger partial charge >= 0.3 is 12.2 Å². The zero-order chi connectivity index (χ0) is 18.7. The maximum absolute atomic E-state index is 12.7. The lowest BCUT2D eigenvalue weighted by molar-refractivity contribution is -0.141. The van der Waals surface area contributed by atoms with Gasteiger partial charge in [0, 0.05) is 22.8 Å². The van der Waals surface area contributed by atoms with Crippen molar-refractivity contribution in [3.8, 4) is 6.01 Å². The van der Waals surface area contributed by atoms with Crippen molar-refractivity contribution in [2.24, 2.45) is 0 Å². The number of ether oxygens (including phenoxy) is 1. The third-order valence-electron chi connectivity index (χ3n) is 3.95. The lowest BCUT2D eigenvalue weighted by Crippen LogP contribution is -2.44. The number of likely N-dealkylation sites (tertiary alicyclic amines) is 1. The molecule has 1 saturated heterocycles. The highest BCUT2D eigenvalue weighted by Gasteiger charge is 2.33. The van der Waals surface area contributed by atoms with E-state index in [1.54, 1.807) is 29.2 Å². The topological polar surface area (TPSA) is 55.3 Å². The van der Waals surface area contributed by atoms with Crippen molar-refractivity contribution in [1.29, 1.82) is 0 Å². The lowest BCUT2D eigenvalue weighted by Gasteiger charge is -2.32. The Morgan fingerprint density at radius 1 is 1.23 bits per heavy atom. The number of carbonyl (C=O) groups excluding carboxylic acids is 1. The molecule has 0 radical (unpaired) electrons. The largest absolute Gasteiger partial charge is 0.458 e. The number of benzene rings is 1. The van der Waals surface area contributed by atoms with E-state index in [1.165, 1.54) is 0 Å². The zero-order valence-corrected chi connectivity index (χ0v) is 15.1. The summed E-state index contributed by atoms with van der Waals surface area (Å²) >= 11 is 3.32. The van der Waals surface area contributed by atoms with Crippen LogP contribution in [-0.4, -0.2) is 40.0 Å². The van der Waals surface area contributed by atoms with Crippen LogP contribution in [-0.2, 0) is 6.18 Å². The third kappa shape index (κ3) is 4.51. The number of rotatable bonds is 3. The quantitative estimate of drug-likeness (QED) is 0.741. The van der Waals surface area contributed by atoms with Gasteiger partial charge in [-0.2, -0.15) is 18.2 Å². The SMILES string of the molecule is O=C(c1ccc(Br)cc1)N1CCCC(Oc2nccc(C(F)(F)F)n2)C1. The standard InChI is InChI=1S/C17H15BrF3N3O2/c18-12-5-3-11(4-6-12)15(25)24-9-1-2-13(10-24)26-16-22-8-7-14(23-16)17(19,20)21/h3-8,13H,1-2,9-10H2. The maximum atomic E-state index is 12.7.